The highest BCUT2D eigenvalue weighted by Gasteiger charge is 2.40. The monoisotopic (exact) mass is 479 g/mol. The van der Waals surface area contributed by atoms with Gasteiger partial charge in [0.1, 0.15) is 0 Å². The van der Waals surface area contributed by atoms with Crippen LogP contribution in [0.4, 0.5) is 13.2 Å². The number of carbonyl (C=O) groups is 1. The molecule has 6 nitrogen and oxygen atoms in total. The Kier molecular flexibility index (Phi) is 6.07. The van der Waals surface area contributed by atoms with Gasteiger partial charge in [0.05, 0.1) is 29.3 Å². The maximum absolute atomic E-state index is 13.7. The number of hydrogen-bond donors (Lipinski definition) is 0. The van der Waals surface area contributed by atoms with Crippen LogP contribution in [0.1, 0.15) is 35.1 Å². The first kappa shape index (κ1) is 23.1. The van der Waals surface area contributed by atoms with Gasteiger partial charge in [0.15, 0.2) is 0 Å². The van der Waals surface area contributed by atoms with Crippen LogP contribution in [0.25, 0.3) is 0 Å². The summed E-state index contributed by atoms with van der Waals surface area (Å²) in [6, 6.07) is 14.5. The van der Waals surface area contributed by atoms with Crippen molar-refractivity contribution in [3.63, 3.8) is 0 Å². The van der Waals surface area contributed by atoms with Crippen LogP contribution in [0.15, 0.2) is 64.8 Å². The zero-order chi connectivity index (χ0) is 24.6. The molecule has 0 bridgehead atoms. The highest BCUT2D eigenvalue weighted by molar-refractivity contribution is 6.09. The van der Waals surface area contributed by atoms with Crippen molar-refractivity contribution in [3.05, 3.63) is 82.1 Å². The molecule has 0 saturated carbocycles. The van der Waals surface area contributed by atoms with Gasteiger partial charge in [0, 0.05) is 44.8 Å². The zero-order valence-electron chi connectivity index (χ0n) is 19.1. The molecular weight excluding hydrogens is 455 g/mol. The number of rotatable bonds is 4. The maximum Gasteiger partial charge on any atom is 0.416 e. The minimum absolute atomic E-state index is 0.146. The second-order valence-corrected chi connectivity index (χ2v) is 8.97. The first-order valence-corrected chi connectivity index (χ1v) is 11.6. The van der Waals surface area contributed by atoms with Gasteiger partial charge < -0.3 is 4.90 Å². The van der Waals surface area contributed by atoms with E-state index < -0.39 is 11.7 Å². The van der Waals surface area contributed by atoms with Gasteiger partial charge in [0.2, 0.25) is 5.96 Å². The zero-order valence-corrected chi connectivity index (χ0v) is 19.1. The number of carbonyl (C=O) groups excluding carboxylic acids is 1. The van der Waals surface area contributed by atoms with Crippen molar-refractivity contribution in [3.8, 4) is 6.07 Å². The molecule has 0 aliphatic carbocycles. The molecule has 0 saturated heterocycles. The van der Waals surface area contributed by atoms with Gasteiger partial charge >= 0.3 is 6.18 Å². The van der Waals surface area contributed by atoms with Gasteiger partial charge in [-0.15, -0.1) is 0 Å². The smallest absolute Gasteiger partial charge is 0.315 e. The molecule has 1 amide bonds. The van der Waals surface area contributed by atoms with Crippen LogP contribution in [0, 0.1) is 11.3 Å². The summed E-state index contributed by atoms with van der Waals surface area (Å²) in [5.41, 5.74) is 3.23. The molecule has 0 aromatic heterocycles. The van der Waals surface area contributed by atoms with Gasteiger partial charge in [0.25, 0.3) is 5.91 Å². The number of nitriles is 1. The number of amides is 1. The fourth-order valence-electron chi connectivity index (χ4n) is 4.89. The fourth-order valence-corrected chi connectivity index (χ4v) is 4.89. The van der Waals surface area contributed by atoms with Crippen molar-refractivity contribution < 1.29 is 18.0 Å². The Hall–Kier alpha value is -3.64. The quantitative estimate of drug-likeness (QED) is 0.661. The highest BCUT2D eigenvalue weighted by Crippen LogP contribution is 2.33. The summed E-state index contributed by atoms with van der Waals surface area (Å²) < 4.78 is 38.9. The highest BCUT2D eigenvalue weighted by atomic mass is 19.4. The molecule has 0 atom stereocenters. The average molecular weight is 480 g/mol. The lowest BCUT2D eigenvalue weighted by molar-refractivity contribution is -0.137. The van der Waals surface area contributed by atoms with E-state index in [1.807, 2.05) is 18.2 Å². The van der Waals surface area contributed by atoms with Crippen LogP contribution in [-0.2, 0) is 24.1 Å². The van der Waals surface area contributed by atoms with E-state index in [0.717, 1.165) is 42.9 Å². The molecule has 0 unspecified atom stereocenters. The van der Waals surface area contributed by atoms with Crippen molar-refractivity contribution >= 4 is 11.9 Å². The van der Waals surface area contributed by atoms with Crippen LogP contribution in [0.5, 0.6) is 0 Å². The van der Waals surface area contributed by atoms with Crippen LogP contribution in [0.3, 0.4) is 0 Å². The van der Waals surface area contributed by atoms with E-state index in [0.29, 0.717) is 48.7 Å². The van der Waals surface area contributed by atoms with Crippen molar-refractivity contribution in [2.45, 2.75) is 32.1 Å². The Morgan fingerprint density at radius 2 is 1.83 bits per heavy atom. The lowest BCUT2D eigenvalue weighted by Crippen LogP contribution is -2.56. The molecule has 35 heavy (non-hydrogen) atoms. The SMILES string of the molecule is N#Cc1cccc(CN2CCC3=C(C2)C(=O)N(Cc2ccc(C(F)(F)F)cc2)C2=NCCCN23)c1. The molecule has 5 rings (SSSR count). The molecule has 0 radical (unpaired) electrons. The number of aliphatic imine (C=N–C) groups is 1. The second kappa shape index (κ2) is 9.19. The molecule has 3 heterocycles. The Labute approximate surface area is 201 Å². The third-order valence-electron chi connectivity index (χ3n) is 6.58. The Bertz CT molecular complexity index is 1240. The predicted octanol–water partition coefficient (Wildman–Crippen LogP) is 4.14. The fraction of sp³-hybridized carbons (Fsp3) is 0.346. The number of guanidine groups is 1. The summed E-state index contributed by atoms with van der Waals surface area (Å²) in [7, 11) is 0. The summed E-state index contributed by atoms with van der Waals surface area (Å²) in [6.07, 6.45) is -2.80. The molecule has 2 aromatic rings. The third-order valence-corrected chi connectivity index (χ3v) is 6.58. The minimum atomic E-state index is -4.40. The van der Waals surface area contributed by atoms with E-state index >= 15 is 0 Å². The van der Waals surface area contributed by atoms with E-state index in [2.05, 4.69) is 20.9 Å². The summed E-state index contributed by atoms with van der Waals surface area (Å²) in [6.45, 7) is 3.42. The number of benzene rings is 2. The number of fused-ring (bicyclic) bond motifs is 2. The van der Waals surface area contributed by atoms with Gasteiger partial charge in [-0.25, -0.2) is 0 Å². The lowest BCUT2D eigenvalue weighted by atomic mass is 9.98. The van der Waals surface area contributed by atoms with Crippen LogP contribution >= 0.6 is 0 Å². The number of hydrogen-bond acceptors (Lipinski definition) is 5. The minimum Gasteiger partial charge on any atom is -0.315 e. The predicted molar refractivity (Wildman–Crippen MR) is 124 cm³/mol. The van der Waals surface area contributed by atoms with Gasteiger partial charge in [-0.3, -0.25) is 19.6 Å². The van der Waals surface area contributed by atoms with Crippen molar-refractivity contribution in [2.75, 3.05) is 26.2 Å². The van der Waals surface area contributed by atoms with E-state index in [4.69, 9.17) is 0 Å². The molecule has 0 N–H and O–H groups in total. The van der Waals surface area contributed by atoms with Crippen LogP contribution in [-0.4, -0.2) is 52.7 Å². The van der Waals surface area contributed by atoms with Crippen molar-refractivity contribution in [1.29, 1.82) is 5.26 Å². The summed E-state index contributed by atoms with van der Waals surface area (Å²) in [5.74, 6) is 0.447. The summed E-state index contributed by atoms with van der Waals surface area (Å²) in [5, 5.41) is 9.18. The van der Waals surface area contributed by atoms with Crippen molar-refractivity contribution in [1.82, 2.24) is 14.7 Å². The van der Waals surface area contributed by atoms with Crippen LogP contribution < -0.4 is 0 Å². The Balaban J connectivity index is 1.39. The third kappa shape index (κ3) is 4.66. The Morgan fingerprint density at radius 1 is 1.03 bits per heavy atom. The Morgan fingerprint density at radius 3 is 2.57 bits per heavy atom. The molecule has 180 valence electrons. The number of nitrogens with zero attached hydrogens (tertiary/aromatic N) is 5. The number of halogens is 3. The first-order valence-electron chi connectivity index (χ1n) is 11.6. The topological polar surface area (TPSA) is 62.9 Å². The summed E-state index contributed by atoms with van der Waals surface area (Å²) in [4.78, 5) is 24.2. The van der Waals surface area contributed by atoms with E-state index in [1.54, 1.807) is 11.0 Å². The molecule has 0 fully saturated rings. The second-order valence-electron chi connectivity index (χ2n) is 8.97. The molecule has 3 aliphatic heterocycles. The molecule has 9 heteroatoms. The normalized spacial score (nSPS) is 18.7. The molecular formula is C26H24F3N5O. The largest absolute Gasteiger partial charge is 0.416 e. The van der Waals surface area contributed by atoms with E-state index in [9.17, 15) is 23.2 Å². The van der Waals surface area contributed by atoms with E-state index in [-0.39, 0.29) is 12.5 Å². The average Bonchev–Trinajstić information content (AvgIpc) is 2.86. The van der Waals surface area contributed by atoms with E-state index in [1.165, 1.54) is 12.1 Å². The molecule has 2 aromatic carbocycles. The molecule has 3 aliphatic rings. The van der Waals surface area contributed by atoms with Gasteiger partial charge in [-0.2, -0.15) is 18.4 Å². The van der Waals surface area contributed by atoms with Gasteiger partial charge in [-0.05, 0) is 41.8 Å². The lowest BCUT2D eigenvalue weighted by Gasteiger charge is -2.45. The molecule has 0 spiro atoms. The first-order chi connectivity index (χ1) is 16.8. The standard InChI is InChI=1S/C26H24F3N5O/c27-26(28,29)21-7-5-18(6-8-21)16-34-24(35)22-17-32(15-20-4-1-3-19(13-20)14-30)12-9-23(22)33-11-2-10-31-25(33)34/h1,3-8,13H,2,9-12,15-17H2. The maximum atomic E-state index is 13.7. The van der Waals surface area contributed by atoms with Crippen LogP contribution in [0.2, 0.25) is 0 Å². The summed E-state index contributed by atoms with van der Waals surface area (Å²) >= 11 is 0. The van der Waals surface area contributed by atoms with Gasteiger partial charge in [-0.1, -0.05) is 24.3 Å². The number of alkyl halides is 3. The van der Waals surface area contributed by atoms with Crippen molar-refractivity contribution in [2.24, 2.45) is 4.99 Å².